The standard InChI is InChI=1S/C17H22N2O5/c1-24-10-9-19(12-16(21)22)17(23)14-6-4-13(5-7-14)11-18-8-2-3-15(18)20/h4-7H,2-3,8-12H2,1H3,(H,21,22). The molecule has 2 rings (SSSR count). The van der Waals surface area contributed by atoms with Gasteiger partial charge in [-0.1, -0.05) is 12.1 Å². The number of amides is 2. The summed E-state index contributed by atoms with van der Waals surface area (Å²) in [4.78, 5) is 38.0. The number of hydrogen-bond donors (Lipinski definition) is 1. The molecule has 7 nitrogen and oxygen atoms in total. The zero-order chi connectivity index (χ0) is 17.5. The first-order valence-electron chi connectivity index (χ1n) is 7.88. The highest BCUT2D eigenvalue weighted by Gasteiger charge is 2.21. The number of carbonyl (C=O) groups excluding carboxylic acids is 2. The summed E-state index contributed by atoms with van der Waals surface area (Å²) >= 11 is 0. The van der Waals surface area contributed by atoms with Crippen molar-refractivity contribution < 1.29 is 24.2 Å². The van der Waals surface area contributed by atoms with Crippen molar-refractivity contribution in [1.29, 1.82) is 0 Å². The summed E-state index contributed by atoms with van der Waals surface area (Å²) in [6.45, 7) is 1.42. The third-order valence-electron chi connectivity index (χ3n) is 3.92. The van der Waals surface area contributed by atoms with E-state index in [1.807, 2.05) is 0 Å². The molecule has 0 aliphatic carbocycles. The predicted octanol–water partition coefficient (Wildman–Crippen LogP) is 0.982. The number of rotatable bonds is 8. The molecular formula is C17H22N2O5. The van der Waals surface area contributed by atoms with Gasteiger partial charge in [-0.25, -0.2) is 0 Å². The van der Waals surface area contributed by atoms with E-state index in [2.05, 4.69) is 0 Å². The number of carboxylic acid groups (broad SMARTS) is 1. The summed E-state index contributed by atoms with van der Waals surface area (Å²) < 4.78 is 4.92. The second-order valence-corrected chi connectivity index (χ2v) is 5.73. The van der Waals surface area contributed by atoms with Crippen LogP contribution in [0, 0.1) is 0 Å². The van der Waals surface area contributed by atoms with Crippen molar-refractivity contribution in [2.75, 3.05) is 33.4 Å². The van der Waals surface area contributed by atoms with Gasteiger partial charge in [0.05, 0.1) is 6.61 Å². The highest BCUT2D eigenvalue weighted by atomic mass is 16.5. The summed E-state index contributed by atoms with van der Waals surface area (Å²) in [7, 11) is 1.50. The Hall–Kier alpha value is -2.41. The third kappa shape index (κ3) is 4.79. The quantitative estimate of drug-likeness (QED) is 0.766. The molecular weight excluding hydrogens is 312 g/mol. The molecule has 7 heteroatoms. The first-order valence-corrected chi connectivity index (χ1v) is 7.88. The summed E-state index contributed by atoms with van der Waals surface area (Å²) in [5.41, 5.74) is 1.37. The molecule has 2 amide bonds. The van der Waals surface area contributed by atoms with Crippen LogP contribution in [0.25, 0.3) is 0 Å². The van der Waals surface area contributed by atoms with Crippen LogP contribution in [0.1, 0.15) is 28.8 Å². The Labute approximate surface area is 140 Å². The monoisotopic (exact) mass is 334 g/mol. The lowest BCUT2D eigenvalue weighted by molar-refractivity contribution is -0.137. The zero-order valence-corrected chi connectivity index (χ0v) is 13.7. The van der Waals surface area contributed by atoms with Crippen LogP contribution in [-0.4, -0.2) is 66.0 Å². The van der Waals surface area contributed by atoms with Gasteiger partial charge in [-0.15, -0.1) is 0 Å². The third-order valence-corrected chi connectivity index (χ3v) is 3.92. The summed E-state index contributed by atoms with van der Waals surface area (Å²) in [6, 6.07) is 6.93. The van der Waals surface area contributed by atoms with E-state index in [0.717, 1.165) is 18.5 Å². The lowest BCUT2D eigenvalue weighted by Crippen LogP contribution is -2.38. The maximum absolute atomic E-state index is 12.4. The molecule has 24 heavy (non-hydrogen) atoms. The number of carbonyl (C=O) groups is 3. The van der Waals surface area contributed by atoms with Crippen LogP contribution in [0.3, 0.4) is 0 Å². The van der Waals surface area contributed by atoms with Crippen LogP contribution in [0.5, 0.6) is 0 Å². The Balaban J connectivity index is 2.02. The van der Waals surface area contributed by atoms with Crippen molar-refractivity contribution in [1.82, 2.24) is 9.80 Å². The summed E-state index contributed by atoms with van der Waals surface area (Å²) in [5.74, 6) is -1.26. The highest BCUT2D eigenvalue weighted by Crippen LogP contribution is 2.15. The van der Waals surface area contributed by atoms with Gasteiger partial charge in [0.1, 0.15) is 6.54 Å². The second kappa shape index (κ2) is 8.44. The van der Waals surface area contributed by atoms with Gasteiger partial charge >= 0.3 is 5.97 Å². The van der Waals surface area contributed by atoms with E-state index in [-0.39, 0.29) is 31.5 Å². The Morgan fingerprint density at radius 2 is 2.00 bits per heavy atom. The molecule has 1 aliphatic rings. The molecule has 0 unspecified atom stereocenters. The van der Waals surface area contributed by atoms with Gasteiger partial charge in [-0.3, -0.25) is 14.4 Å². The van der Waals surface area contributed by atoms with Gasteiger partial charge < -0.3 is 19.6 Å². The molecule has 1 fully saturated rings. The van der Waals surface area contributed by atoms with Crippen LogP contribution in [0.4, 0.5) is 0 Å². The molecule has 130 valence electrons. The molecule has 0 saturated carbocycles. The van der Waals surface area contributed by atoms with E-state index in [1.165, 1.54) is 12.0 Å². The summed E-state index contributed by atoms with van der Waals surface area (Å²) in [6.07, 6.45) is 1.49. The molecule has 1 saturated heterocycles. The SMILES string of the molecule is COCCN(CC(=O)O)C(=O)c1ccc(CN2CCCC2=O)cc1. The van der Waals surface area contributed by atoms with Crippen molar-refractivity contribution in [3.8, 4) is 0 Å². The molecule has 0 aromatic heterocycles. The number of aliphatic carboxylic acids is 1. The fourth-order valence-corrected chi connectivity index (χ4v) is 2.64. The molecule has 0 spiro atoms. The topological polar surface area (TPSA) is 87.2 Å². The minimum Gasteiger partial charge on any atom is -0.480 e. The fourth-order valence-electron chi connectivity index (χ4n) is 2.64. The van der Waals surface area contributed by atoms with Gasteiger partial charge in [0.25, 0.3) is 5.91 Å². The lowest BCUT2D eigenvalue weighted by atomic mass is 10.1. The molecule has 0 bridgehead atoms. The van der Waals surface area contributed by atoms with Gasteiger partial charge in [-0.2, -0.15) is 0 Å². The van der Waals surface area contributed by atoms with Gasteiger partial charge in [0.2, 0.25) is 5.91 Å². The fraction of sp³-hybridized carbons (Fsp3) is 0.471. The molecule has 1 aliphatic heterocycles. The molecule has 1 aromatic carbocycles. The summed E-state index contributed by atoms with van der Waals surface area (Å²) in [5, 5.41) is 8.94. The van der Waals surface area contributed by atoms with Crippen LogP contribution < -0.4 is 0 Å². The average Bonchev–Trinajstić information content (AvgIpc) is 2.96. The van der Waals surface area contributed by atoms with E-state index in [1.54, 1.807) is 29.2 Å². The van der Waals surface area contributed by atoms with E-state index < -0.39 is 5.97 Å². The molecule has 1 aromatic rings. The number of nitrogens with zero attached hydrogens (tertiary/aromatic N) is 2. The maximum atomic E-state index is 12.4. The van der Waals surface area contributed by atoms with Crippen molar-refractivity contribution in [3.63, 3.8) is 0 Å². The van der Waals surface area contributed by atoms with E-state index in [0.29, 0.717) is 18.5 Å². The Bertz CT molecular complexity index is 600. The molecule has 0 atom stereocenters. The van der Waals surface area contributed by atoms with E-state index in [4.69, 9.17) is 9.84 Å². The highest BCUT2D eigenvalue weighted by molar-refractivity contribution is 5.95. The number of methoxy groups -OCH3 is 1. The van der Waals surface area contributed by atoms with Gasteiger partial charge in [-0.05, 0) is 24.1 Å². The lowest BCUT2D eigenvalue weighted by Gasteiger charge is -2.21. The van der Waals surface area contributed by atoms with E-state index in [9.17, 15) is 14.4 Å². The number of carboxylic acids is 1. The number of ether oxygens (including phenoxy) is 1. The maximum Gasteiger partial charge on any atom is 0.323 e. The first kappa shape index (κ1) is 17.9. The number of hydrogen-bond acceptors (Lipinski definition) is 4. The van der Waals surface area contributed by atoms with Crippen LogP contribution in [0.15, 0.2) is 24.3 Å². The van der Waals surface area contributed by atoms with E-state index >= 15 is 0 Å². The number of likely N-dealkylation sites (tertiary alicyclic amines) is 1. The largest absolute Gasteiger partial charge is 0.480 e. The van der Waals surface area contributed by atoms with Crippen molar-refractivity contribution in [3.05, 3.63) is 35.4 Å². The minimum absolute atomic E-state index is 0.155. The van der Waals surface area contributed by atoms with Gasteiger partial charge in [0, 0.05) is 38.7 Å². The second-order valence-electron chi connectivity index (χ2n) is 5.73. The smallest absolute Gasteiger partial charge is 0.323 e. The van der Waals surface area contributed by atoms with Crippen LogP contribution in [0.2, 0.25) is 0 Å². The predicted molar refractivity (Wildman–Crippen MR) is 86.5 cm³/mol. The zero-order valence-electron chi connectivity index (χ0n) is 13.7. The normalized spacial score (nSPS) is 14.0. The van der Waals surface area contributed by atoms with Crippen LogP contribution >= 0.6 is 0 Å². The molecule has 1 N–H and O–H groups in total. The van der Waals surface area contributed by atoms with Crippen molar-refractivity contribution in [2.24, 2.45) is 0 Å². The van der Waals surface area contributed by atoms with Crippen LogP contribution in [-0.2, 0) is 20.9 Å². The van der Waals surface area contributed by atoms with Crippen molar-refractivity contribution >= 4 is 17.8 Å². The molecule has 1 heterocycles. The first-order chi connectivity index (χ1) is 11.5. The average molecular weight is 334 g/mol. The Morgan fingerprint density at radius 3 is 2.54 bits per heavy atom. The number of benzene rings is 1. The molecule has 0 radical (unpaired) electrons. The van der Waals surface area contributed by atoms with Crippen molar-refractivity contribution in [2.45, 2.75) is 19.4 Å². The van der Waals surface area contributed by atoms with Gasteiger partial charge in [0.15, 0.2) is 0 Å². The Kier molecular flexibility index (Phi) is 6.31. The Morgan fingerprint density at radius 1 is 1.29 bits per heavy atom. The minimum atomic E-state index is -1.07.